The fourth-order valence-electron chi connectivity index (χ4n) is 0.741. The van der Waals surface area contributed by atoms with Crippen LogP contribution in [0.15, 0.2) is 28.2 Å². The van der Waals surface area contributed by atoms with E-state index in [-0.39, 0.29) is 5.78 Å². The van der Waals surface area contributed by atoms with Gasteiger partial charge in [0.1, 0.15) is 0 Å². The fraction of sp³-hybridized carbons (Fsp3) is 0.222. The maximum absolute atomic E-state index is 11.4. The first-order valence-electron chi connectivity index (χ1n) is 3.72. The summed E-state index contributed by atoms with van der Waals surface area (Å²) >= 11 is 4.75. The zero-order valence-corrected chi connectivity index (χ0v) is 9.85. The molecule has 0 saturated heterocycles. The minimum absolute atomic E-state index is 0.0457. The van der Waals surface area contributed by atoms with Crippen molar-refractivity contribution in [2.24, 2.45) is 0 Å². The van der Waals surface area contributed by atoms with Crippen LogP contribution in [0.3, 0.4) is 0 Å². The molecule has 1 aromatic rings. The van der Waals surface area contributed by atoms with Crippen molar-refractivity contribution >= 4 is 33.0 Å². The highest BCUT2D eigenvalue weighted by molar-refractivity contribution is 9.10. The van der Waals surface area contributed by atoms with E-state index in [9.17, 15) is 4.79 Å². The monoisotopic (exact) mass is 259 g/mol. The topological polar surface area (TPSA) is 20.3 Å². The summed E-state index contributed by atoms with van der Waals surface area (Å²) in [7, 11) is 3.77. The molecule has 0 spiro atoms. The standard InChI is InChI=1S/C9H10BrNOS/c1-11(2)4-3-8(12)9-5-7(10)6-13-9/h3-6H,1-2H3/b4-3+. The molecule has 0 atom stereocenters. The second-order valence-electron chi connectivity index (χ2n) is 2.77. The lowest BCUT2D eigenvalue weighted by atomic mass is 10.3. The van der Waals surface area contributed by atoms with E-state index in [1.165, 1.54) is 11.3 Å². The molecule has 13 heavy (non-hydrogen) atoms. The van der Waals surface area contributed by atoms with Gasteiger partial charge in [-0.15, -0.1) is 11.3 Å². The lowest BCUT2D eigenvalue weighted by Crippen LogP contribution is -2.02. The Morgan fingerprint density at radius 2 is 2.31 bits per heavy atom. The van der Waals surface area contributed by atoms with Gasteiger partial charge in [-0.2, -0.15) is 0 Å². The summed E-state index contributed by atoms with van der Waals surface area (Å²) in [6.45, 7) is 0. The van der Waals surface area contributed by atoms with Crippen molar-refractivity contribution < 1.29 is 4.79 Å². The van der Waals surface area contributed by atoms with E-state index in [0.717, 1.165) is 9.35 Å². The molecular formula is C9H10BrNOS. The second-order valence-corrected chi connectivity index (χ2v) is 4.60. The van der Waals surface area contributed by atoms with Crippen LogP contribution >= 0.6 is 27.3 Å². The fourth-order valence-corrected chi connectivity index (χ4v) is 2.09. The summed E-state index contributed by atoms with van der Waals surface area (Å²) < 4.78 is 0.958. The summed E-state index contributed by atoms with van der Waals surface area (Å²) in [6, 6.07) is 1.83. The quantitative estimate of drug-likeness (QED) is 0.615. The van der Waals surface area contributed by atoms with Crippen LogP contribution in [-0.4, -0.2) is 24.8 Å². The highest BCUT2D eigenvalue weighted by Crippen LogP contribution is 2.20. The first-order valence-corrected chi connectivity index (χ1v) is 5.40. The maximum atomic E-state index is 11.4. The van der Waals surface area contributed by atoms with Gasteiger partial charge in [-0.25, -0.2) is 0 Å². The molecule has 0 aliphatic rings. The number of allylic oxidation sites excluding steroid dienone is 1. The van der Waals surface area contributed by atoms with E-state index in [1.54, 1.807) is 12.3 Å². The van der Waals surface area contributed by atoms with E-state index in [0.29, 0.717) is 0 Å². The molecule has 0 amide bonds. The van der Waals surface area contributed by atoms with Crippen molar-refractivity contribution in [3.8, 4) is 0 Å². The van der Waals surface area contributed by atoms with Gasteiger partial charge < -0.3 is 4.90 Å². The number of hydrogen-bond donors (Lipinski definition) is 0. The smallest absolute Gasteiger partial charge is 0.197 e. The minimum atomic E-state index is 0.0457. The van der Waals surface area contributed by atoms with E-state index in [4.69, 9.17) is 0 Å². The molecular weight excluding hydrogens is 250 g/mol. The lowest BCUT2D eigenvalue weighted by molar-refractivity contribution is 0.104. The molecule has 0 fully saturated rings. The number of hydrogen-bond acceptors (Lipinski definition) is 3. The van der Waals surface area contributed by atoms with Gasteiger partial charge >= 0.3 is 0 Å². The maximum Gasteiger partial charge on any atom is 0.197 e. The van der Waals surface area contributed by atoms with Gasteiger partial charge in [-0.3, -0.25) is 4.79 Å². The molecule has 70 valence electrons. The van der Waals surface area contributed by atoms with Crippen molar-refractivity contribution in [3.63, 3.8) is 0 Å². The van der Waals surface area contributed by atoms with Gasteiger partial charge in [-0.05, 0) is 22.0 Å². The van der Waals surface area contributed by atoms with E-state index < -0.39 is 0 Å². The number of halogens is 1. The van der Waals surface area contributed by atoms with Gasteiger partial charge in [-0.1, -0.05) is 0 Å². The molecule has 0 bridgehead atoms. The van der Waals surface area contributed by atoms with Crippen LogP contribution in [0, 0.1) is 0 Å². The largest absolute Gasteiger partial charge is 0.383 e. The molecule has 0 radical (unpaired) electrons. The molecule has 4 heteroatoms. The Morgan fingerprint density at radius 1 is 1.62 bits per heavy atom. The number of rotatable bonds is 3. The van der Waals surface area contributed by atoms with Crippen LogP contribution in [0.2, 0.25) is 0 Å². The lowest BCUT2D eigenvalue weighted by Gasteiger charge is -2.01. The number of carbonyl (C=O) groups is 1. The molecule has 1 rings (SSSR count). The summed E-state index contributed by atoms with van der Waals surface area (Å²) in [5.74, 6) is 0.0457. The Labute approximate surface area is 90.0 Å². The molecule has 0 saturated carbocycles. The van der Waals surface area contributed by atoms with Crippen molar-refractivity contribution in [1.29, 1.82) is 0 Å². The van der Waals surface area contributed by atoms with E-state index in [1.807, 2.05) is 30.4 Å². The van der Waals surface area contributed by atoms with Gasteiger partial charge in [0.25, 0.3) is 0 Å². The highest BCUT2D eigenvalue weighted by Gasteiger charge is 2.04. The molecule has 1 heterocycles. The van der Waals surface area contributed by atoms with Gasteiger partial charge in [0.05, 0.1) is 4.88 Å². The Balaban J connectivity index is 2.69. The first kappa shape index (κ1) is 10.5. The molecule has 0 aliphatic heterocycles. The average Bonchev–Trinajstić information content (AvgIpc) is 2.47. The third-order valence-corrected chi connectivity index (χ3v) is 3.04. The van der Waals surface area contributed by atoms with Crippen molar-refractivity contribution in [3.05, 3.63) is 33.1 Å². The second kappa shape index (κ2) is 4.58. The normalized spacial score (nSPS) is 10.7. The minimum Gasteiger partial charge on any atom is -0.383 e. The number of thiophene rings is 1. The number of carbonyl (C=O) groups excluding carboxylic acids is 1. The Kier molecular flexibility index (Phi) is 3.69. The molecule has 0 aliphatic carbocycles. The van der Waals surface area contributed by atoms with Gasteiger partial charge in [0.15, 0.2) is 5.78 Å². The van der Waals surface area contributed by atoms with Crippen LogP contribution in [0.25, 0.3) is 0 Å². The predicted octanol–water partition coefficient (Wildman–Crippen LogP) is 2.77. The van der Waals surface area contributed by atoms with Crippen molar-refractivity contribution in [2.75, 3.05) is 14.1 Å². The average molecular weight is 260 g/mol. The SMILES string of the molecule is CN(C)/C=C/C(=O)c1cc(Br)cs1. The molecule has 2 nitrogen and oxygen atoms in total. The van der Waals surface area contributed by atoms with Crippen LogP contribution in [0.1, 0.15) is 9.67 Å². The van der Waals surface area contributed by atoms with Crippen LogP contribution in [0.5, 0.6) is 0 Å². The Morgan fingerprint density at radius 3 is 2.77 bits per heavy atom. The Hall–Kier alpha value is -0.610. The van der Waals surface area contributed by atoms with E-state index >= 15 is 0 Å². The predicted molar refractivity (Wildman–Crippen MR) is 59.2 cm³/mol. The molecule has 0 N–H and O–H groups in total. The van der Waals surface area contributed by atoms with Crippen LogP contribution in [-0.2, 0) is 0 Å². The Bertz CT molecular complexity index is 330. The third-order valence-electron chi connectivity index (χ3n) is 1.33. The molecule has 1 aromatic heterocycles. The zero-order valence-electron chi connectivity index (χ0n) is 7.45. The first-order chi connectivity index (χ1) is 6.09. The van der Waals surface area contributed by atoms with Crippen molar-refractivity contribution in [1.82, 2.24) is 4.90 Å². The molecule has 0 aromatic carbocycles. The number of ketones is 1. The highest BCUT2D eigenvalue weighted by atomic mass is 79.9. The van der Waals surface area contributed by atoms with Gasteiger partial charge in [0.2, 0.25) is 0 Å². The van der Waals surface area contributed by atoms with Gasteiger partial charge in [0, 0.05) is 36.2 Å². The third kappa shape index (κ3) is 3.32. The summed E-state index contributed by atoms with van der Waals surface area (Å²) in [5.41, 5.74) is 0. The van der Waals surface area contributed by atoms with Crippen LogP contribution < -0.4 is 0 Å². The van der Waals surface area contributed by atoms with Crippen molar-refractivity contribution in [2.45, 2.75) is 0 Å². The molecule has 0 unspecified atom stereocenters. The van der Waals surface area contributed by atoms with E-state index in [2.05, 4.69) is 15.9 Å². The number of nitrogens with zero attached hydrogens (tertiary/aromatic N) is 1. The van der Waals surface area contributed by atoms with Crippen LogP contribution in [0.4, 0.5) is 0 Å². The summed E-state index contributed by atoms with van der Waals surface area (Å²) in [6.07, 6.45) is 3.31. The zero-order chi connectivity index (χ0) is 9.84. The summed E-state index contributed by atoms with van der Waals surface area (Å²) in [5, 5.41) is 1.90. The summed E-state index contributed by atoms with van der Waals surface area (Å²) in [4.78, 5) is 14.0.